The van der Waals surface area contributed by atoms with Crippen molar-refractivity contribution < 1.29 is 14.0 Å². The second-order valence-electron chi connectivity index (χ2n) is 17.1. The lowest BCUT2D eigenvalue weighted by Gasteiger charge is -2.58. The number of fused-ring (bicyclic) bond motifs is 5. The maximum absolute atomic E-state index is 12.9. The van der Waals surface area contributed by atoms with Crippen LogP contribution in [0, 0.1) is 46.3 Å². The maximum Gasteiger partial charge on any atom is 0.407 e. The predicted molar refractivity (Wildman–Crippen MR) is 192 cm³/mol. The van der Waals surface area contributed by atoms with E-state index in [0.717, 1.165) is 105 Å². The highest BCUT2D eigenvalue weighted by atomic mass is 16.6. The van der Waals surface area contributed by atoms with Gasteiger partial charge in [0, 0.05) is 38.8 Å². The first-order valence-electron chi connectivity index (χ1n) is 19.6. The van der Waals surface area contributed by atoms with Crippen LogP contribution in [0.4, 0.5) is 4.79 Å². The number of allylic oxidation sites excluding steroid dienone is 1. The van der Waals surface area contributed by atoms with Crippen molar-refractivity contribution >= 4 is 6.09 Å². The molecular formula is C39H74N5O2+. The fourth-order valence-corrected chi connectivity index (χ4v) is 11.3. The summed E-state index contributed by atoms with van der Waals surface area (Å²) in [4.78, 5) is 12.9. The minimum absolute atomic E-state index is 0.00602. The lowest BCUT2D eigenvalue weighted by atomic mass is 9.47. The second kappa shape index (κ2) is 17.0. The number of rotatable bonds is 18. The summed E-state index contributed by atoms with van der Waals surface area (Å²) < 4.78 is 7.00. The summed E-state index contributed by atoms with van der Waals surface area (Å²) in [5.41, 5.74) is 20.1. The van der Waals surface area contributed by atoms with Crippen LogP contribution in [0.3, 0.4) is 0 Å². The normalized spacial score (nSPS) is 33.2. The fraction of sp³-hybridized carbons (Fsp3) is 0.923. The molecule has 7 nitrogen and oxygen atoms in total. The Bertz CT molecular complexity index is 977. The second-order valence-corrected chi connectivity index (χ2v) is 17.1. The molecule has 8 atom stereocenters. The zero-order valence-electron chi connectivity index (χ0n) is 30.7. The minimum Gasteiger partial charge on any atom is -0.446 e. The average molecular weight is 645 g/mol. The lowest BCUT2D eigenvalue weighted by Crippen LogP contribution is -2.54. The van der Waals surface area contributed by atoms with Crippen molar-refractivity contribution in [1.82, 2.24) is 5.32 Å². The van der Waals surface area contributed by atoms with Crippen LogP contribution in [0.1, 0.15) is 125 Å². The van der Waals surface area contributed by atoms with Crippen molar-refractivity contribution in [2.75, 3.05) is 52.4 Å². The number of nitrogens with zero attached hydrogens (tertiary/aromatic N) is 1. The van der Waals surface area contributed by atoms with Crippen molar-refractivity contribution in [1.29, 1.82) is 0 Å². The molecule has 0 spiro atoms. The van der Waals surface area contributed by atoms with Gasteiger partial charge in [-0.1, -0.05) is 65.5 Å². The number of carbonyl (C=O) groups is 1. The third-order valence-electron chi connectivity index (χ3n) is 13.9. The van der Waals surface area contributed by atoms with Crippen LogP contribution in [0.2, 0.25) is 0 Å². The summed E-state index contributed by atoms with van der Waals surface area (Å²) >= 11 is 0. The quantitative estimate of drug-likeness (QED) is 0.0730. The molecule has 4 aliphatic rings. The molecular weight excluding hydrogens is 570 g/mol. The van der Waals surface area contributed by atoms with Gasteiger partial charge in [-0.15, -0.1) is 0 Å². The summed E-state index contributed by atoms with van der Waals surface area (Å²) in [5, 5.41) is 3.07. The van der Waals surface area contributed by atoms with Crippen LogP contribution in [-0.2, 0) is 4.74 Å². The van der Waals surface area contributed by atoms with E-state index in [-0.39, 0.29) is 17.6 Å². The fourth-order valence-electron chi connectivity index (χ4n) is 11.3. The molecule has 1 amide bonds. The Hall–Kier alpha value is -1.15. The minimum atomic E-state index is -0.253. The molecule has 0 aromatic carbocycles. The number of quaternary nitrogens is 1. The Morgan fingerprint density at radius 2 is 1.61 bits per heavy atom. The number of hydrogen-bond donors (Lipinski definition) is 4. The Balaban J connectivity index is 1.28. The molecule has 46 heavy (non-hydrogen) atoms. The van der Waals surface area contributed by atoms with Gasteiger partial charge in [-0.05, 0) is 104 Å². The number of nitrogens with two attached hydrogens (primary N) is 3. The number of hydrogen-bond acceptors (Lipinski definition) is 5. The first kappa shape index (κ1) is 37.7. The number of amides is 1. The van der Waals surface area contributed by atoms with Gasteiger partial charge in [0.15, 0.2) is 0 Å². The largest absolute Gasteiger partial charge is 0.446 e. The summed E-state index contributed by atoms with van der Waals surface area (Å²) in [5.74, 6) is 5.09. The Morgan fingerprint density at radius 1 is 0.891 bits per heavy atom. The molecule has 0 saturated heterocycles. The highest BCUT2D eigenvalue weighted by Crippen LogP contribution is 2.67. The third-order valence-corrected chi connectivity index (χ3v) is 13.9. The van der Waals surface area contributed by atoms with E-state index >= 15 is 0 Å². The zero-order chi connectivity index (χ0) is 33.4. The first-order chi connectivity index (χ1) is 22.0. The molecule has 0 aromatic heterocycles. The van der Waals surface area contributed by atoms with E-state index in [0.29, 0.717) is 31.6 Å². The van der Waals surface area contributed by atoms with E-state index in [1.165, 1.54) is 51.4 Å². The molecule has 8 unspecified atom stereocenters. The van der Waals surface area contributed by atoms with Crippen LogP contribution >= 0.6 is 0 Å². The molecule has 3 fully saturated rings. The molecule has 7 N–H and O–H groups in total. The summed E-state index contributed by atoms with van der Waals surface area (Å²) in [6.45, 7) is 19.2. The Kier molecular flexibility index (Phi) is 13.9. The summed E-state index contributed by atoms with van der Waals surface area (Å²) in [6, 6.07) is 0. The highest BCUT2D eigenvalue weighted by molar-refractivity contribution is 5.67. The monoisotopic (exact) mass is 645 g/mol. The number of ether oxygens (including phenoxy) is 1. The van der Waals surface area contributed by atoms with Gasteiger partial charge in [0.2, 0.25) is 0 Å². The van der Waals surface area contributed by atoms with E-state index in [9.17, 15) is 4.79 Å². The van der Waals surface area contributed by atoms with Gasteiger partial charge >= 0.3 is 6.09 Å². The first-order valence-corrected chi connectivity index (χ1v) is 19.6. The molecule has 0 heterocycles. The molecule has 7 heteroatoms. The van der Waals surface area contributed by atoms with Gasteiger partial charge in [-0.2, -0.15) is 0 Å². The zero-order valence-corrected chi connectivity index (χ0v) is 30.7. The maximum atomic E-state index is 12.9. The van der Waals surface area contributed by atoms with Gasteiger partial charge < -0.3 is 31.7 Å². The van der Waals surface area contributed by atoms with Crippen LogP contribution in [0.25, 0.3) is 0 Å². The SMILES string of the molecule is CC(C)CCCC(C)C1CCC2C3CC=C4CC(OC(=O)NCCC[N+](CCN)(CCCN)CCCN)CCC4(C)C3CCC12C. The van der Waals surface area contributed by atoms with E-state index < -0.39 is 0 Å². The molecule has 0 aromatic rings. The Labute approximate surface area is 283 Å². The molecule has 4 aliphatic carbocycles. The standard InChI is InChI=1S/C39H73N5O2/c1-29(2)10-6-11-30(3)34-14-15-35-33-13-12-31-28-32(16-18-38(31,4)36(33)17-19-39(34,35)5)46-37(45)43-23-9-26-44(27-22-42,24-7-20-40)25-8-21-41/h12,29-30,32-36H,6-11,13-28,40-42H2,1-5H3/p+1. The van der Waals surface area contributed by atoms with Crippen molar-refractivity contribution in [3.63, 3.8) is 0 Å². The predicted octanol–water partition coefficient (Wildman–Crippen LogP) is 6.99. The molecule has 0 radical (unpaired) electrons. The molecule has 4 rings (SSSR count). The van der Waals surface area contributed by atoms with Crippen LogP contribution in [-0.4, -0.2) is 69.0 Å². The van der Waals surface area contributed by atoms with Crippen LogP contribution < -0.4 is 22.5 Å². The number of carbonyl (C=O) groups excluding carboxylic acids is 1. The van der Waals surface area contributed by atoms with E-state index in [1.807, 2.05) is 0 Å². The number of alkyl carbamates (subject to hydrolysis) is 1. The van der Waals surface area contributed by atoms with Crippen molar-refractivity contribution in [2.24, 2.45) is 63.5 Å². The van der Waals surface area contributed by atoms with Gasteiger partial charge in [0.05, 0.1) is 26.2 Å². The van der Waals surface area contributed by atoms with Crippen molar-refractivity contribution in [3.8, 4) is 0 Å². The molecule has 0 bridgehead atoms. The number of nitrogens with one attached hydrogen (secondary N) is 1. The topological polar surface area (TPSA) is 116 Å². The average Bonchev–Trinajstić information content (AvgIpc) is 3.38. The van der Waals surface area contributed by atoms with Crippen LogP contribution in [0.5, 0.6) is 0 Å². The summed E-state index contributed by atoms with van der Waals surface area (Å²) in [6.07, 6.45) is 19.4. The molecule has 266 valence electrons. The van der Waals surface area contributed by atoms with Crippen LogP contribution in [0.15, 0.2) is 11.6 Å². The van der Waals surface area contributed by atoms with Gasteiger partial charge in [-0.25, -0.2) is 4.79 Å². The molecule has 0 aliphatic heterocycles. The van der Waals surface area contributed by atoms with Gasteiger partial charge in [0.1, 0.15) is 6.10 Å². The van der Waals surface area contributed by atoms with Crippen molar-refractivity contribution in [2.45, 2.75) is 131 Å². The smallest absolute Gasteiger partial charge is 0.407 e. The Morgan fingerprint density at radius 3 is 2.28 bits per heavy atom. The van der Waals surface area contributed by atoms with E-state index in [1.54, 1.807) is 5.57 Å². The van der Waals surface area contributed by atoms with E-state index in [2.05, 4.69) is 46.0 Å². The van der Waals surface area contributed by atoms with E-state index in [4.69, 9.17) is 21.9 Å². The van der Waals surface area contributed by atoms with Gasteiger partial charge in [0.25, 0.3) is 0 Å². The lowest BCUT2D eigenvalue weighted by molar-refractivity contribution is -0.927. The van der Waals surface area contributed by atoms with Gasteiger partial charge in [-0.3, -0.25) is 0 Å². The molecule has 3 saturated carbocycles. The summed E-state index contributed by atoms with van der Waals surface area (Å²) in [7, 11) is 0. The third kappa shape index (κ3) is 8.71. The highest BCUT2D eigenvalue weighted by Gasteiger charge is 2.59. The van der Waals surface area contributed by atoms with Crippen molar-refractivity contribution in [3.05, 3.63) is 11.6 Å².